The Balaban J connectivity index is 0. The Bertz CT molecular complexity index is 690. The fraction of sp³-hybridized carbons (Fsp3) is 0.318. The standard InChI is InChI=1S/C9H7.C5H5.2C3H6O2.C2H6Si.Ti/c1-2-5-9-7-3-6-8(9)4-1;1-2-4-5-3-1;2*1-2-3(4)5;1-3-2;/h1-7H;1-3H,4H2;2*2H2,1H3,(H,4,5);1-2H3;/q2*-1;;;;+2. The van der Waals surface area contributed by atoms with E-state index in [0.29, 0.717) is 0 Å². The van der Waals surface area contributed by atoms with Crippen LogP contribution in [0.1, 0.15) is 33.1 Å². The van der Waals surface area contributed by atoms with Gasteiger partial charge in [-0.25, -0.2) is 12.2 Å². The SMILES string of the molecule is CCC(=O)O.CCC(=O)O.C[Si](C)=[Ti+2].[C-]1=CC=CC1.c1ccc2[cH-]ccc2c1. The predicted octanol–water partition coefficient (Wildman–Crippen LogP) is 5.61. The third kappa shape index (κ3) is 22.2. The molecule has 2 aromatic rings. The first kappa shape index (κ1) is 28.4. The smallest absolute Gasteiger partial charge is 0.0809 e. The van der Waals surface area contributed by atoms with Crippen molar-refractivity contribution in [1.82, 2.24) is 0 Å². The van der Waals surface area contributed by atoms with Crippen molar-refractivity contribution in [3.05, 3.63) is 66.8 Å². The number of carbonyl (C=O) groups is 2. The summed E-state index contributed by atoms with van der Waals surface area (Å²) in [5.41, 5.74) is 0. The number of carboxylic acids is 2. The molecule has 1 aliphatic rings. The van der Waals surface area contributed by atoms with Crippen LogP contribution in [0.4, 0.5) is 0 Å². The molecule has 0 saturated heterocycles. The molecule has 2 aromatic carbocycles. The molecule has 0 spiro atoms. The zero-order valence-electron chi connectivity index (χ0n) is 17.1. The van der Waals surface area contributed by atoms with Gasteiger partial charge < -0.3 is 10.2 Å². The van der Waals surface area contributed by atoms with Gasteiger partial charge in [0.2, 0.25) is 0 Å². The van der Waals surface area contributed by atoms with Crippen molar-refractivity contribution in [2.24, 2.45) is 0 Å². The molecular weight excluding hydrogens is 404 g/mol. The van der Waals surface area contributed by atoms with Crippen LogP contribution in [0.15, 0.2) is 60.7 Å². The molecule has 0 unspecified atom stereocenters. The largest absolute Gasteiger partial charge is 0.273 e. The van der Waals surface area contributed by atoms with E-state index in [1.165, 1.54) is 10.8 Å². The maximum absolute atomic E-state index is 9.37. The summed E-state index contributed by atoms with van der Waals surface area (Å²) < 4.78 is 0. The average Bonchev–Trinajstić information content (AvgIpc) is 3.36. The molecule has 0 aromatic heterocycles. The van der Waals surface area contributed by atoms with E-state index in [1.54, 1.807) is 13.8 Å². The van der Waals surface area contributed by atoms with E-state index in [-0.39, 0.29) is 19.0 Å². The Hall–Kier alpha value is -1.82. The number of allylic oxidation sites excluding steroid dienone is 4. The molecule has 1 aliphatic carbocycles. The maximum Gasteiger partial charge on any atom is -0.0809 e. The molecule has 0 amide bonds. The molecule has 3 rings (SSSR count). The number of fused-ring (bicyclic) bond motifs is 1. The topological polar surface area (TPSA) is 74.6 Å². The summed E-state index contributed by atoms with van der Waals surface area (Å²) in [5.74, 6) is -1.49. The summed E-state index contributed by atoms with van der Waals surface area (Å²) in [4.78, 5) is 18.7. The van der Waals surface area contributed by atoms with Crippen LogP contribution in [0.5, 0.6) is 0 Å². The van der Waals surface area contributed by atoms with Gasteiger partial charge >= 0.3 is 50.4 Å². The van der Waals surface area contributed by atoms with Crippen LogP contribution >= 0.6 is 0 Å². The molecule has 0 atom stereocenters. The Morgan fingerprint density at radius 1 is 1.11 bits per heavy atom. The Morgan fingerprint density at radius 3 is 1.93 bits per heavy atom. The molecule has 4 nitrogen and oxygen atoms in total. The van der Waals surface area contributed by atoms with E-state index in [9.17, 15) is 9.59 Å². The van der Waals surface area contributed by atoms with Gasteiger partial charge in [0.25, 0.3) is 0 Å². The van der Waals surface area contributed by atoms with Crippen LogP contribution in [0.2, 0.25) is 13.1 Å². The van der Waals surface area contributed by atoms with E-state index < -0.39 is 11.9 Å². The predicted molar refractivity (Wildman–Crippen MR) is 114 cm³/mol. The summed E-state index contributed by atoms with van der Waals surface area (Å²) in [5, 5.41) is 18.1. The van der Waals surface area contributed by atoms with E-state index in [1.807, 2.05) is 12.2 Å². The molecule has 0 fully saturated rings. The molecule has 0 radical (unpaired) electrons. The van der Waals surface area contributed by atoms with Crippen molar-refractivity contribution in [3.63, 3.8) is 0 Å². The zero-order valence-corrected chi connectivity index (χ0v) is 19.7. The minimum absolute atomic E-state index is 0.120. The third-order valence-corrected chi connectivity index (χ3v) is 2.74. The second-order valence-corrected chi connectivity index (χ2v) is 12.3. The second-order valence-electron chi connectivity index (χ2n) is 5.65. The molecule has 0 heterocycles. The van der Waals surface area contributed by atoms with E-state index in [0.717, 1.165) is 6.42 Å². The van der Waals surface area contributed by atoms with E-state index >= 15 is 0 Å². The van der Waals surface area contributed by atoms with Gasteiger partial charge in [-0.05, 0) is 0 Å². The van der Waals surface area contributed by atoms with E-state index in [4.69, 9.17) is 10.2 Å². The quantitative estimate of drug-likeness (QED) is 0.476. The van der Waals surface area contributed by atoms with E-state index in [2.05, 4.69) is 86.9 Å². The number of aliphatic carboxylic acids is 2. The molecule has 0 bridgehead atoms. The molecule has 150 valence electrons. The molecule has 0 saturated carbocycles. The second kappa shape index (κ2) is 19.9. The van der Waals surface area contributed by atoms with Crippen molar-refractivity contribution >= 4 is 28.9 Å². The molecular formula is C22H30O4SiTi. The van der Waals surface area contributed by atoms with Gasteiger partial charge in [0.1, 0.15) is 0 Å². The minimum Gasteiger partial charge on any atom is -0.273 e. The van der Waals surface area contributed by atoms with Gasteiger partial charge in [0, 0.05) is 12.8 Å². The van der Waals surface area contributed by atoms with Gasteiger partial charge in [-0.3, -0.25) is 15.7 Å². The van der Waals surface area contributed by atoms with Gasteiger partial charge in [0.05, 0.1) is 0 Å². The van der Waals surface area contributed by atoms with Crippen molar-refractivity contribution < 1.29 is 39.0 Å². The Kier molecular flexibility index (Phi) is 20.2. The summed E-state index contributed by atoms with van der Waals surface area (Å²) >= 11 is 2.27. The monoisotopic (exact) mass is 434 g/mol. The summed E-state index contributed by atoms with van der Waals surface area (Å²) in [7, 11) is 0. The normalized spacial score (nSPS) is 10.1. The van der Waals surface area contributed by atoms with Crippen LogP contribution < -0.4 is 0 Å². The fourth-order valence-corrected chi connectivity index (χ4v) is 1.41. The van der Waals surface area contributed by atoms with Gasteiger partial charge in [-0.2, -0.15) is 23.6 Å². The van der Waals surface area contributed by atoms with Crippen LogP contribution in [0.25, 0.3) is 10.8 Å². The fourth-order valence-electron chi connectivity index (χ4n) is 1.41. The van der Waals surface area contributed by atoms with Crippen LogP contribution in [-0.2, 0) is 28.8 Å². The van der Waals surface area contributed by atoms with Gasteiger partial charge in [-0.1, -0.05) is 19.9 Å². The number of hydrogen-bond acceptors (Lipinski definition) is 2. The molecule has 28 heavy (non-hydrogen) atoms. The number of benzene rings is 1. The Morgan fingerprint density at radius 2 is 1.61 bits per heavy atom. The third-order valence-electron chi connectivity index (χ3n) is 2.74. The number of carboxylic acid groups (broad SMARTS) is 2. The van der Waals surface area contributed by atoms with Crippen LogP contribution in [0, 0.1) is 6.08 Å². The first-order valence-electron chi connectivity index (χ1n) is 9.02. The first-order chi connectivity index (χ1) is 13.2. The van der Waals surface area contributed by atoms with Gasteiger partial charge in [0.15, 0.2) is 0 Å². The minimum atomic E-state index is -0.745. The van der Waals surface area contributed by atoms with Crippen LogP contribution in [-0.4, -0.2) is 28.3 Å². The zero-order chi connectivity index (χ0) is 21.8. The molecule has 2 N–H and O–H groups in total. The first-order valence-corrected chi connectivity index (χ1v) is 13.9. The molecule has 0 aliphatic heterocycles. The van der Waals surface area contributed by atoms with Crippen molar-refractivity contribution in [1.29, 1.82) is 0 Å². The summed E-state index contributed by atoms with van der Waals surface area (Å²) in [6.45, 7) is 7.74. The van der Waals surface area contributed by atoms with Crippen molar-refractivity contribution in [2.75, 3.05) is 0 Å². The number of hydrogen-bond donors (Lipinski definition) is 2. The maximum atomic E-state index is 9.37. The van der Waals surface area contributed by atoms with Crippen molar-refractivity contribution in [3.8, 4) is 0 Å². The van der Waals surface area contributed by atoms with Crippen molar-refractivity contribution in [2.45, 2.75) is 46.2 Å². The Labute approximate surface area is 180 Å². The molecule has 6 heteroatoms. The van der Waals surface area contributed by atoms with Gasteiger partial charge in [-0.15, -0.1) is 36.1 Å². The summed E-state index contributed by atoms with van der Waals surface area (Å²) in [6.07, 6.45) is 10.6. The summed E-state index contributed by atoms with van der Waals surface area (Å²) in [6, 6.07) is 14.7. The van der Waals surface area contributed by atoms with Crippen LogP contribution in [0.3, 0.4) is 0 Å². The number of rotatable bonds is 2. The average molecular weight is 434 g/mol.